The first-order chi connectivity index (χ1) is 14.0. The Hall–Kier alpha value is -3.06. The molecule has 0 radical (unpaired) electrons. The zero-order valence-corrected chi connectivity index (χ0v) is 16.2. The van der Waals surface area contributed by atoms with Gasteiger partial charge in [-0.25, -0.2) is 9.69 Å². The van der Waals surface area contributed by atoms with Gasteiger partial charge in [0.2, 0.25) is 5.60 Å². The lowest BCUT2D eigenvalue weighted by Crippen LogP contribution is -2.42. The number of amides is 2. The van der Waals surface area contributed by atoms with Crippen LogP contribution in [-0.4, -0.2) is 47.9 Å². The van der Waals surface area contributed by atoms with E-state index in [2.05, 4.69) is 0 Å². The highest BCUT2D eigenvalue weighted by atomic mass is 16.6. The number of hydrogen-bond donors (Lipinski definition) is 1. The molecule has 1 fully saturated rings. The first kappa shape index (κ1) is 19.3. The maximum absolute atomic E-state index is 13.0. The molecule has 7 heteroatoms. The van der Waals surface area contributed by atoms with Gasteiger partial charge in [0.05, 0.1) is 13.2 Å². The van der Waals surface area contributed by atoms with E-state index in [0.29, 0.717) is 25.2 Å². The van der Waals surface area contributed by atoms with Gasteiger partial charge in [0.15, 0.2) is 0 Å². The maximum atomic E-state index is 13.0. The van der Waals surface area contributed by atoms with E-state index in [0.717, 1.165) is 21.8 Å². The molecule has 1 aliphatic carbocycles. The number of nitrogens with zero attached hydrogens (tertiary/aromatic N) is 1. The Morgan fingerprint density at radius 2 is 1.79 bits per heavy atom. The molecule has 0 bridgehead atoms. The zero-order valence-electron chi connectivity index (χ0n) is 16.2. The van der Waals surface area contributed by atoms with E-state index in [1.165, 1.54) is 0 Å². The van der Waals surface area contributed by atoms with E-state index >= 15 is 0 Å². The van der Waals surface area contributed by atoms with Gasteiger partial charge in [-0.3, -0.25) is 4.79 Å². The molecule has 2 atom stereocenters. The molecule has 2 aromatic rings. The SMILES string of the molecule is CCOc1ccc(OC[C@@H](O)CN2C(=O)O[C@@]3(CCc4ccccc43)C2=O)cc1. The van der Waals surface area contributed by atoms with E-state index in [1.807, 2.05) is 31.2 Å². The van der Waals surface area contributed by atoms with Crippen LogP contribution in [0.4, 0.5) is 4.79 Å². The second-order valence-electron chi connectivity index (χ2n) is 7.14. The molecule has 0 aromatic heterocycles. The first-order valence-corrected chi connectivity index (χ1v) is 9.70. The molecule has 1 heterocycles. The molecular weight excluding hydrogens is 374 g/mol. The molecule has 1 N–H and O–H groups in total. The monoisotopic (exact) mass is 397 g/mol. The van der Waals surface area contributed by atoms with Crippen molar-refractivity contribution < 1.29 is 28.9 Å². The summed E-state index contributed by atoms with van der Waals surface area (Å²) in [5.74, 6) is 0.865. The van der Waals surface area contributed by atoms with E-state index in [4.69, 9.17) is 14.2 Å². The Labute approximate surface area is 168 Å². The summed E-state index contributed by atoms with van der Waals surface area (Å²) in [5, 5.41) is 10.3. The third kappa shape index (κ3) is 3.53. The molecule has 2 amide bonds. The smallest absolute Gasteiger partial charge is 0.418 e. The summed E-state index contributed by atoms with van der Waals surface area (Å²) in [4.78, 5) is 26.4. The minimum Gasteiger partial charge on any atom is -0.494 e. The topological polar surface area (TPSA) is 85.3 Å². The number of aryl methyl sites for hydroxylation is 1. The highest BCUT2D eigenvalue weighted by Gasteiger charge is 2.58. The molecule has 0 saturated carbocycles. The van der Waals surface area contributed by atoms with Gasteiger partial charge in [-0.15, -0.1) is 0 Å². The van der Waals surface area contributed by atoms with Crippen LogP contribution in [0.15, 0.2) is 48.5 Å². The summed E-state index contributed by atoms with van der Waals surface area (Å²) in [6.45, 7) is 2.23. The fourth-order valence-electron chi connectivity index (χ4n) is 3.87. The maximum Gasteiger partial charge on any atom is 0.418 e. The van der Waals surface area contributed by atoms with E-state index in [-0.39, 0.29) is 13.2 Å². The van der Waals surface area contributed by atoms with Crippen LogP contribution in [0, 0.1) is 0 Å². The Bertz CT molecular complexity index is 912. The third-order valence-corrected chi connectivity index (χ3v) is 5.24. The number of fused-ring (bicyclic) bond motifs is 2. The first-order valence-electron chi connectivity index (χ1n) is 9.70. The van der Waals surface area contributed by atoms with Crippen molar-refractivity contribution in [2.24, 2.45) is 0 Å². The Morgan fingerprint density at radius 3 is 2.52 bits per heavy atom. The summed E-state index contributed by atoms with van der Waals surface area (Å²) in [7, 11) is 0. The lowest BCUT2D eigenvalue weighted by Gasteiger charge is -2.21. The van der Waals surface area contributed by atoms with Gasteiger partial charge in [0.25, 0.3) is 5.91 Å². The third-order valence-electron chi connectivity index (χ3n) is 5.24. The Balaban J connectivity index is 1.38. The predicted octanol–water partition coefficient (Wildman–Crippen LogP) is 2.65. The molecule has 1 spiro atoms. The number of imide groups is 1. The number of aliphatic hydroxyl groups excluding tert-OH is 1. The van der Waals surface area contributed by atoms with E-state index in [9.17, 15) is 14.7 Å². The average molecular weight is 397 g/mol. The summed E-state index contributed by atoms with van der Waals surface area (Å²) >= 11 is 0. The van der Waals surface area contributed by atoms with Gasteiger partial charge in [-0.2, -0.15) is 0 Å². The van der Waals surface area contributed by atoms with Crippen LogP contribution in [0.25, 0.3) is 0 Å². The quantitative estimate of drug-likeness (QED) is 0.773. The number of rotatable bonds is 7. The van der Waals surface area contributed by atoms with Crippen molar-refractivity contribution in [3.05, 3.63) is 59.7 Å². The van der Waals surface area contributed by atoms with Crippen LogP contribution in [0.2, 0.25) is 0 Å². The summed E-state index contributed by atoms with van der Waals surface area (Å²) < 4.78 is 16.5. The standard InChI is InChI=1S/C22H23NO6/c1-2-27-17-7-9-18(10-8-17)28-14-16(24)13-23-20(25)22(29-21(23)26)12-11-15-5-3-4-6-19(15)22/h3-10,16,24H,2,11-14H2,1H3/t16-,22+/m0/s1. The number of carbonyl (C=O) groups excluding carboxylic acids is 2. The molecule has 0 unspecified atom stereocenters. The highest BCUT2D eigenvalue weighted by Crippen LogP contribution is 2.45. The van der Waals surface area contributed by atoms with Crippen LogP contribution in [0.1, 0.15) is 24.5 Å². The van der Waals surface area contributed by atoms with Crippen LogP contribution in [0.5, 0.6) is 11.5 Å². The Morgan fingerprint density at radius 1 is 1.10 bits per heavy atom. The van der Waals surface area contributed by atoms with Crippen molar-refractivity contribution >= 4 is 12.0 Å². The zero-order chi connectivity index (χ0) is 20.4. The summed E-state index contributed by atoms with van der Waals surface area (Å²) in [6, 6.07) is 14.5. The van der Waals surface area contributed by atoms with E-state index in [1.54, 1.807) is 24.3 Å². The lowest BCUT2D eigenvalue weighted by atomic mass is 9.95. The average Bonchev–Trinajstić information content (AvgIpc) is 3.21. The van der Waals surface area contributed by atoms with Crippen LogP contribution in [0.3, 0.4) is 0 Å². The second kappa shape index (κ2) is 7.75. The fraction of sp³-hybridized carbons (Fsp3) is 0.364. The molecule has 4 rings (SSSR count). The second-order valence-corrected chi connectivity index (χ2v) is 7.14. The molecule has 152 valence electrons. The summed E-state index contributed by atoms with van der Waals surface area (Å²) in [5.41, 5.74) is 0.486. The number of hydrogen-bond acceptors (Lipinski definition) is 6. The van der Waals surface area contributed by atoms with E-state index < -0.39 is 23.7 Å². The van der Waals surface area contributed by atoms with Crippen molar-refractivity contribution in [1.29, 1.82) is 0 Å². The lowest BCUT2D eigenvalue weighted by molar-refractivity contribution is -0.138. The van der Waals surface area contributed by atoms with Gasteiger partial charge < -0.3 is 19.3 Å². The van der Waals surface area contributed by atoms with Crippen LogP contribution in [-0.2, 0) is 21.6 Å². The molecule has 2 aliphatic rings. The molecule has 1 saturated heterocycles. The Kier molecular flexibility index (Phi) is 5.15. The minimum absolute atomic E-state index is 0.0609. The number of benzene rings is 2. The van der Waals surface area contributed by atoms with Crippen LogP contribution >= 0.6 is 0 Å². The van der Waals surface area contributed by atoms with Crippen molar-refractivity contribution in [1.82, 2.24) is 4.90 Å². The number of β-amino-alcohol motifs (C(OH)–C–C–N with tert-alkyl or cyclic N) is 1. The van der Waals surface area contributed by atoms with Gasteiger partial charge in [0, 0.05) is 12.0 Å². The molecule has 1 aliphatic heterocycles. The number of carbonyl (C=O) groups is 2. The van der Waals surface area contributed by atoms with Gasteiger partial charge in [0.1, 0.15) is 24.2 Å². The normalized spacial score (nSPS) is 21.2. The molecule has 2 aromatic carbocycles. The fourth-order valence-corrected chi connectivity index (χ4v) is 3.87. The van der Waals surface area contributed by atoms with Crippen molar-refractivity contribution in [3.63, 3.8) is 0 Å². The summed E-state index contributed by atoms with van der Waals surface area (Å²) in [6.07, 6.45) is -0.671. The highest BCUT2D eigenvalue weighted by molar-refractivity contribution is 6.04. The van der Waals surface area contributed by atoms with Crippen molar-refractivity contribution in [3.8, 4) is 11.5 Å². The largest absolute Gasteiger partial charge is 0.494 e. The molecule has 29 heavy (non-hydrogen) atoms. The van der Waals surface area contributed by atoms with Crippen molar-refractivity contribution in [2.75, 3.05) is 19.8 Å². The van der Waals surface area contributed by atoms with Crippen molar-refractivity contribution in [2.45, 2.75) is 31.5 Å². The number of ether oxygens (including phenoxy) is 3. The minimum atomic E-state index is -1.26. The van der Waals surface area contributed by atoms with Gasteiger partial charge >= 0.3 is 6.09 Å². The van der Waals surface area contributed by atoms with Gasteiger partial charge in [-0.05, 0) is 43.2 Å². The van der Waals surface area contributed by atoms with Crippen LogP contribution < -0.4 is 9.47 Å². The predicted molar refractivity (Wildman–Crippen MR) is 104 cm³/mol. The molecular formula is C22H23NO6. The molecule has 7 nitrogen and oxygen atoms in total. The number of aliphatic hydroxyl groups is 1. The van der Waals surface area contributed by atoms with Gasteiger partial charge in [-0.1, -0.05) is 24.3 Å².